The molecule has 1 saturated carbocycles. The van der Waals surface area contributed by atoms with Crippen LogP contribution in [0.1, 0.15) is 50.8 Å². The lowest BCUT2D eigenvalue weighted by molar-refractivity contribution is -0.137. The fraction of sp³-hybridized carbons (Fsp3) is 0.636. The third kappa shape index (κ3) is 5.47. The minimum absolute atomic E-state index is 0.0336. The Morgan fingerprint density at radius 3 is 2.69 bits per heavy atom. The number of nitrogens with zero attached hydrogens (tertiary/aromatic N) is 6. The molecule has 4 aliphatic heterocycles. The summed E-state index contributed by atoms with van der Waals surface area (Å²) in [6.45, 7) is 10.2. The Balaban J connectivity index is 1.22. The lowest BCUT2D eigenvalue weighted by Crippen LogP contribution is -2.60. The Kier molecular flexibility index (Phi) is 7.60. The number of nitrogens with two attached hydrogens (primary N) is 1. The molecular weight excluding hydrogens is 632 g/mol. The van der Waals surface area contributed by atoms with Crippen LogP contribution in [0.5, 0.6) is 11.9 Å². The van der Waals surface area contributed by atoms with Crippen LogP contribution in [0, 0.1) is 24.1 Å². The normalized spacial score (nSPS) is 27.8. The molecule has 5 aliphatic rings. The quantitative estimate of drug-likeness (QED) is 0.348. The summed E-state index contributed by atoms with van der Waals surface area (Å²) in [6.07, 6.45) is -1.11. The highest BCUT2D eigenvalue weighted by Crippen LogP contribution is 2.49. The van der Waals surface area contributed by atoms with Gasteiger partial charge in [-0.25, -0.2) is 14.4 Å². The van der Waals surface area contributed by atoms with Crippen LogP contribution in [0.25, 0.3) is 22.2 Å². The van der Waals surface area contributed by atoms with Crippen molar-refractivity contribution < 1.29 is 31.8 Å². The van der Waals surface area contributed by atoms with Crippen LogP contribution < -0.4 is 25.4 Å². The second kappa shape index (κ2) is 11.5. The van der Waals surface area contributed by atoms with Gasteiger partial charge in [0.05, 0.1) is 30.0 Å². The van der Waals surface area contributed by atoms with E-state index in [1.54, 1.807) is 0 Å². The number of piperazine rings is 1. The number of ether oxygens (including phenoxy) is 3. The molecule has 7 heterocycles. The molecule has 3 aromatic rings. The molecule has 2 unspecified atom stereocenters. The summed E-state index contributed by atoms with van der Waals surface area (Å²) in [5.41, 5.74) is 2.98. The van der Waals surface area contributed by atoms with Crippen LogP contribution in [0.15, 0.2) is 6.07 Å². The average Bonchev–Trinajstić information content (AvgIpc) is 3.52. The highest BCUT2D eigenvalue weighted by atomic mass is 19.4. The number of anilines is 2. The summed E-state index contributed by atoms with van der Waals surface area (Å²) in [6, 6.07) is 0.883. The molecule has 0 aromatic carbocycles. The zero-order valence-electron chi connectivity index (χ0n) is 27.2. The van der Waals surface area contributed by atoms with Gasteiger partial charge in [-0.05, 0) is 45.6 Å². The molecule has 0 radical (unpaired) electrons. The van der Waals surface area contributed by atoms with Gasteiger partial charge in [0, 0.05) is 62.3 Å². The van der Waals surface area contributed by atoms with E-state index in [9.17, 15) is 13.2 Å². The number of alkyl halides is 3. The Morgan fingerprint density at radius 2 is 1.96 bits per heavy atom. The Morgan fingerprint density at radius 1 is 1.15 bits per heavy atom. The van der Waals surface area contributed by atoms with Gasteiger partial charge in [-0.3, -0.25) is 4.90 Å². The zero-order valence-corrected chi connectivity index (χ0v) is 27.2. The monoisotopic (exact) mass is 672 g/mol. The highest BCUT2D eigenvalue weighted by Gasteiger charge is 2.48. The molecule has 3 aromatic heterocycles. The molecule has 0 spiro atoms. The number of likely N-dealkylation sites (tertiary alicyclic amines) is 1. The molecule has 258 valence electrons. The van der Waals surface area contributed by atoms with Gasteiger partial charge in [-0.15, -0.1) is 0 Å². The summed E-state index contributed by atoms with van der Waals surface area (Å²) in [5.74, 6) is -0.309. The number of nitrogens with one attached hydrogen (secondary N) is 1. The van der Waals surface area contributed by atoms with E-state index in [1.165, 1.54) is 6.92 Å². The third-order valence-corrected chi connectivity index (χ3v) is 10.8. The number of halogens is 4. The Bertz CT molecular complexity index is 1740. The van der Waals surface area contributed by atoms with E-state index in [1.807, 2.05) is 6.92 Å². The fourth-order valence-electron chi connectivity index (χ4n) is 8.02. The Hall–Kier alpha value is -3.56. The van der Waals surface area contributed by atoms with Crippen LogP contribution in [-0.2, 0) is 10.9 Å². The molecule has 0 bridgehead atoms. The largest absolute Gasteiger partial charge is 0.472 e. The van der Waals surface area contributed by atoms with Gasteiger partial charge >= 0.3 is 12.2 Å². The summed E-state index contributed by atoms with van der Waals surface area (Å²) in [4.78, 5) is 22.1. The summed E-state index contributed by atoms with van der Waals surface area (Å²) < 4.78 is 78.5. The van der Waals surface area contributed by atoms with Gasteiger partial charge in [-0.1, -0.05) is 6.92 Å². The number of aryl methyl sites for hydroxylation is 1. The van der Waals surface area contributed by atoms with Crippen molar-refractivity contribution in [2.45, 2.75) is 76.9 Å². The van der Waals surface area contributed by atoms with E-state index in [4.69, 9.17) is 24.9 Å². The van der Waals surface area contributed by atoms with Gasteiger partial charge in [0.1, 0.15) is 34.3 Å². The molecule has 1 aliphatic carbocycles. The highest BCUT2D eigenvalue weighted by molar-refractivity contribution is 5.97. The minimum Gasteiger partial charge on any atom is -0.472 e. The van der Waals surface area contributed by atoms with Gasteiger partial charge in [0.2, 0.25) is 5.88 Å². The predicted octanol–water partition coefficient (Wildman–Crippen LogP) is 4.35. The second-order valence-electron chi connectivity index (χ2n) is 14.2. The molecular formula is C33H40F4N8O3. The molecule has 3 N–H and O–H groups in total. The average molecular weight is 673 g/mol. The standard InChI is InChI=1S/C33H40F4N8O3/c1-4-19-12-45-21(10-39-19)17(3)48-30-24-28(26(34)27(41-30)20-9-23(38)40-16(2)25(20)33(35,36)37)42-31(43-29(24)45)47-15-32(6-7-32)14-44-11-18-5-8-46-22(18)13-44/h9,17-19,21-22,39H,4-8,10-15H2,1-3H3,(H2,38,40)/t17-,18?,19+,21-,22?/m0/s1. The van der Waals surface area contributed by atoms with Crippen molar-refractivity contribution in [1.29, 1.82) is 0 Å². The van der Waals surface area contributed by atoms with Crippen molar-refractivity contribution in [3.8, 4) is 23.1 Å². The predicted molar refractivity (Wildman–Crippen MR) is 169 cm³/mol. The molecule has 48 heavy (non-hydrogen) atoms. The van der Waals surface area contributed by atoms with E-state index >= 15 is 4.39 Å². The van der Waals surface area contributed by atoms with Gasteiger partial charge in [0.25, 0.3) is 0 Å². The van der Waals surface area contributed by atoms with Gasteiger partial charge in [0.15, 0.2) is 5.82 Å². The zero-order chi connectivity index (χ0) is 33.5. The van der Waals surface area contributed by atoms with Crippen molar-refractivity contribution in [3.63, 3.8) is 0 Å². The number of nitrogen functional groups attached to an aromatic ring is 1. The lowest BCUT2D eigenvalue weighted by atomic mass is 10.0. The maximum Gasteiger partial charge on any atom is 0.418 e. The summed E-state index contributed by atoms with van der Waals surface area (Å²) in [5, 5.41) is 3.74. The molecule has 11 nitrogen and oxygen atoms in total. The SMILES string of the molecule is CC[C@@H]1CN2c3nc(OCC4(CN5CC6CCOC6C5)CC4)nc4c(F)c(-c5cc(N)nc(C)c5C(F)(F)F)nc(c34)O[C@@H](C)[C@@H]2CN1. The smallest absolute Gasteiger partial charge is 0.418 e. The first-order valence-electron chi connectivity index (χ1n) is 16.8. The van der Waals surface area contributed by atoms with E-state index in [0.29, 0.717) is 37.5 Å². The van der Waals surface area contributed by atoms with Crippen LogP contribution >= 0.6 is 0 Å². The van der Waals surface area contributed by atoms with Crippen LogP contribution in [0.3, 0.4) is 0 Å². The first-order chi connectivity index (χ1) is 22.9. The van der Waals surface area contributed by atoms with Gasteiger partial charge in [-0.2, -0.15) is 23.1 Å². The summed E-state index contributed by atoms with van der Waals surface area (Å²) in [7, 11) is 0. The molecule has 3 saturated heterocycles. The maximum absolute atomic E-state index is 16.8. The topological polar surface area (TPSA) is 124 Å². The van der Waals surface area contributed by atoms with Crippen LogP contribution in [0.4, 0.5) is 29.2 Å². The van der Waals surface area contributed by atoms with E-state index in [2.05, 4.69) is 37.0 Å². The molecule has 5 atom stereocenters. The molecule has 15 heteroatoms. The van der Waals surface area contributed by atoms with Crippen LogP contribution in [-0.4, -0.2) is 95.1 Å². The van der Waals surface area contributed by atoms with Crippen molar-refractivity contribution in [2.75, 3.05) is 56.6 Å². The number of rotatable bonds is 7. The Labute approximate surface area is 275 Å². The number of hydrogen-bond acceptors (Lipinski definition) is 11. The number of fused-ring (bicyclic) bond motifs is 3. The van der Waals surface area contributed by atoms with Crippen molar-refractivity contribution in [1.82, 2.24) is 30.2 Å². The lowest BCUT2D eigenvalue weighted by Gasteiger charge is -2.42. The number of hydrogen-bond donors (Lipinski definition) is 2. The van der Waals surface area contributed by atoms with Crippen molar-refractivity contribution in [2.24, 2.45) is 11.3 Å². The molecule has 8 rings (SSSR count). The minimum atomic E-state index is -4.85. The van der Waals surface area contributed by atoms with Crippen molar-refractivity contribution >= 4 is 22.5 Å². The van der Waals surface area contributed by atoms with E-state index in [-0.39, 0.29) is 51.8 Å². The first kappa shape index (κ1) is 31.7. The van der Waals surface area contributed by atoms with E-state index < -0.39 is 34.9 Å². The second-order valence-corrected chi connectivity index (χ2v) is 14.2. The van der Waals surface area contributed by atoms with E-state index in [0.717, 1.165) is 58.0 Å². The fourth-order valence-corrected chi connectivity index (χ4v) is 8.02. The summed E-state index contributed by atoms with van der Waals surface area (Å²) >= 11 is 0. The van der Waals surface area contributed by atoms with Crippen LogP contribution in [0.2, 0.25) is 0 Å². The maximum atomic E-state index is 16.8. The molecule has 0 amide bonds. The first-order valence-corrected chi connectivity index (χ1v) is 16.8. The van der Waals surface area contributed by atoms with Gasteiger partial charge < -0.3 is 30.2 Å². The number of aromatic nitrogens is 4. The number of pyridine rings is 2. The van der Waals surface area contributed by atoms with Crippen molar-refractivity contribution in [3.05, 3.63) is 23.1 Å². The molecule has 4 fully saturated rings. The third-order valence-electron chi connectivity index (χ3n) is 10.8.